The lowest BCUT2D eigenvalue weighted by molar-refractivity contribution is 0.672. The van der Waals surface area contributed by atoms with Crippen LogP contribution in [0.3, 0.4) is 0 Å². The van der Waals surface area contributed by atoms with Gasteiger partial charge >= 0.3 is 0 Å². The predicted octanol–water partition coefficient (Wildman–Crippen LogP) is 38.4. The smallest absolute Gasteiger partial charge is 0.161 e. The summed E-state index contributed by atoms with van der Waals surface area (Å²) in [6, 6.07) is 190. The van der Waals surface area contributed by atoms with Gasteiger partial charge in [-0.05, 0) is 280 Å². The van der Waals surface area contributed by atoms with E-state index in [0.29, 0.717) is 0 Å². The van der Waals surface area contributed by atoms with Gasteiger partial charge in [0.1, 0.15) is 16.6 Å². The van der Waals surface area contributed by atoms with E-state index in [1.54, 1.807) is 0 Å². The molecule has 0 aliphatic rings. The molecule has 0 aliphatic heterocycles. The molecule has 0 N–H and O–H groups in total. The summed E-state index contributed by atoms with van der Waals surface area (Å²) in [5, 5.41) is 23.9. The molecule has 680 valence electrons. The van der Waals surface area contributed by atoms with Crippen LogP contribution in [0.25, 0.3) is 214 Å². The standard InChI is InChI=1S/C50H32N2O.C46H30N2O.C40H26N2O/c1-2-15-37(16-3-1)52-46-22-9-8-19-44(46)50-48(52)45-21-11-23-47(49(45)53-50)51(39-30-31-43-36(32-39)25-24-34-13-5-7-18-41(34)43)38-28-26-35(27-29-38)42-20-10-14-33-12-4-6-17-40(33)42;1-3-12-31(13-4-1)32-24-26-36(27-25-32)47(37-28-29-39-34(30-37)23-22-33-14-7-8-17-38(33)39)43-21-11-19-41-44-46(49-45(41)43)40-18-9-10-20-42(40)48(44)35-15-5-2-6-16-35;1-3-13-29(14-4-1)41(31-24-25-33-28(26-31)23-22-27-12-7-8-17-32(27)33)37-21-11-19-35-38-40(43-39(35)37)34-18-9-10-20-36(34)42(38)30-15-5-2-6-16-30/h1-32H;1-30H;1-26H. The van der Waals surface area contributed by atoms with Crippen molar-refractivity contribution >= 4 is 226 Å². The molecule has 0 atom stereocenters. The van der Waals surface area contributed by atoms with Gasteiger partial charge in [0.05, 0.1) is 33.6 Å². The molecule has 0 spiro atoms. The first-order valence-electron chi connectivity index (χ1n) is 49.4. The van der Waals surface area contributed by atoms with Crippen molar-refractivity contribution in [1.29, 1.82) is 0 Å². The average Bonchev–Trinajstić information content (AvgIpc) is 1.56. The van der Waals surface area contributed by atoms with Crippen LogP contribution in [0, 0.1) is 0 Å². The van der Waals surface area contributed by atoms with E-state index >= 15 is 0 Å². The maximum Gasteiger partial charge on any atom is 0.161 e. The molecule has 6 heterocycles. The topological polar surface area (TPSA) is 63.9 Å². The Kier molecular flexibility index (Phi) is 20.1. The number of hydrogen-bond acceptors (Lipinski definition) is 6. The van der Waals surface area contributed by atoms with Gasteiger partial charge in [0, 0.05) is 83.5 Å². The molecule has 9 nitrogen and oxygen atoms in total. The number of benzene rings is 24. The van der Waals surface area contributed by atoms with E-state index in [4.69, 9.17) is 13.3 Å². The van der Waals surface area contributed by atoms with E-state index in [9.17, 15) is 0 Å². The van der Waals surface area contributed by atoms with Gasteiger partial charge in [-0.1, -0.05) is 352 Å². The third-order valence-electron chi connectivity index (χ3n) is 29.0. The second kappa shape index (κ2) is 34.8. The van der Waals surface area contributed by atoms with Crippen molar-refractivity contribution in [2.24, 2.45) is 0 Å². The summed E-state index contributed by atoms with van der Waals surface area (Å²) < 4.78 is 28.0. The molecule has 30 rings (SSSR count). The van der Waals surface area contributed by atoms with Gasteiger partial charge in [-0.3, -0.25) is 0 Å². The highest BCUT2D eigenvalue weighted by Gasteiger charge is 2.30. The first-order valence-corrected chi connectivity index (χ1v) is 49.4. The Morgan fingerprint density at radius 2 is 0.393 bits per heavy atom. The molecule has 0 bridgehead atoms. The van der Waals surface area contributed by atoms with Crippen molar-refractivity contribution in [2.75, 3.05) is 14.7 Å². The fourth-order valence-corrected chi connectivity index (χ4v) is 22.5. The Labute approximate surface area is 834 Å². The first kappa shape index (κ1) is 83.7. The normalized spacial score (nSPS) is 11.7. The van der Waals surface area contributed by atoms with Gasteiger partial charge in [0.2, 0.25) is 0 Å². The fourth-order valence-electron chi connectivity index (χ4n) is 22.5. The molecule has 6 aromatic heterocycles. The van der Waals surface area contributed by atoms with Crippen LogP contribution < -0.4 is 14.7 Å². The maximum atomic E-state index is 7.05. The monoisotopic (exact) mass is 1850 g/mol. The van der Waals surface area contributed by atoms with Crippen LogP contribution in [-0.4, -0.2) is 13.7 Å². The van der Waals surface area contributed by atoms with Crippen LogP contribution in [0.2, 0.25) is 0 Å². The lowest BCUT2D eigenvalue weighted by Gasteiger charge is -2.26. The molecule has 0 saturated heterocycles. The Hall–Kier alpha value is -19.5. The highest BCUT2D eigenvalue weighted by atomic mass is 16.3. The summed E-state index contributed by atoms with van der Waals surface area (Å²) in [6.45, 7) is 0. The van der Waals surface area contributed by atoms with Crippen LogP contribution in [0.5, 0.6) is 0 Å². The second-order valence-corrected chi connectivity index (χ2v) is 37.3. The Bertz CT molecular complexity index is 10300. The lowest BCUT2D eigenvalue weighted by atomic mass is 9.98. The quantitative estimate of drug-likeness (QED) is 0.101. The minimum absolute atomic E-state index is 0.852. The van der Waals surface area contributed by atoms with E-state index in [-0.39, 0.29) is 0 Å². The third-order valence-corrected chi connectivity index (χ3v) is 29.0. The highest BCUT2D eigenvalue weighted by Crippen LogP contribution is 2.52. The lowest BCUT2D eigenvalue weighted by Crippen LogP contribution is -2.10. The Morgan fingerprint density at radius 3 is 0.759 bits per heavy atom. The molecule has 0 saturated carbocycles. The molecule has 0 fully saturated rings. The van der Waals surface area contributed by atoms with E-state index in [2.05, 4.69) is 562 Å². The zero-order chi connectivity index (χ0) is 95.5. The number of fused-ring (bicyclic) bond motifs is 25. The van der Waals surface area contributed by atoms with E-state index in [0.717, 1.165) is 167 Å². The summed E-state index contributed by atoms with van der Waals surface area (Å²) >= 11 is 0. The Morgan fingerprint density at radius 1 is 0.145 bits per heavy atom. The molecule has 24 aromatic carbocycles. The van der Waals surface area contributed by atoms with E-state index in [1.807, 2.05) is 0 Å². The van der Waals surface area contributed by atoms with Crippen molar-refractivity contribution in [1.82, 2.24) is 13.7 Å². The van der Waals surface area contributed by atoms with Gasteiger partial charge in [0.25, 0.3) is 0 Å². The zero-order valence-corrected chi connectivity index (χ0v) is 78.7. The van der Waals surface area contributed by atoms with Crippen molar-refractivity contribution in [3.63, 3.8) is 0 Å². The molecular formula is C136H88N6O3. The number of para-hydroxylation sites is 10. The Balaban J connectivity index is 0.000000106. The third kappa shape index (κ3) is 14.1. The van der Waals surface area contributed by atoms with Crippen LogP contribution in [0.1, 0.15) is 0 Å². The second-order valence-electron chi connectivity index (χ2n) is 37.3. The van der Waals surface area contributed by atoms with E-state index < -0.39 is 0 Å². The molecule has 30 aromatic rings. The number of aromatic nitrogens is 3. The largest absolute Gasteiger partial charge is 0.451 e. The molecule has 0 unspecified atom stereocenters. The highest BCUT2D eigenvalue weighted by molar-refractivity contribution is 6.23. The number of anilines is 9. The zero-order valence-electron chi connectivity index (χ0n) is 78.7. The van der Waals surface area contributed by atoms with E-state index in [1.165, 1.54) is 97.7 Å². The number of rotatable bonds is 14. The SMILES string of the molecule is c1ccc(-c2ccc(N(c3ccc4c(ccc5ccccc54)c3)c3cccc4c3oc3c5ccccc5n(-c5ccccc5)c43)cc2)cc1.c1ccc(-n2c3ccccc3c3oc4c(N(c5ccc(-c6cccc7ccccc67)cc5)c5ccc6c(ccc7ccccc76)c5)cccc4c32)cc1.c1ccc(N(c2ccc3c(ccc4ccccc43)c2)c2cccc3c2oc2c4ccccc4n(-c4ccccc4)c32)cc1. The van der Waals surface area contributed by atoms with Gasteiger partial charge < -0.3 is 41.7 Å². The van der Waals surface area contributed by atoms with Gasteiger partial charge in [-0.2, -0.15) is 0 Å². The summed E-state index contributed by atoms with van der Waals surface area (Å²) in [7, 11) is 0. The van der Waals surface area contributed by atoms with Crippen molar-refractivity contribution in [3.05, 3.63) is 534 Å². The molecule has 0 aliphatic carbocycles. The molecular weight excluding hydrogens is 1770 g/mol. The van der Waals surface area contributed by atoms with Crippen LogP contribution in [0.15, 0.2) is 547 Å². The van der Waals surface area contributed by atoms with Crippen LogP contribution in [-0.2, 0) is 0 Å². The van der Waals surface area contributed by atoms with Gasteiger partial charge in [-0.15, -0.1) is 0 Å². The fraction of sp³-hybridized carbons (Fsp3) is 0. The number of furan rings is 3. The molecule has 9 heteroatoms. The average molecular weight is 1850 g/mol. The summed E-state index contributed by atoms with van der Waals surface area (Å²) in [5.41, 5.74) is 29.4. The summed E-state index contributed by atoms with van der Waals surface area (Å²) in [4.78, 5) is 7.00. The van der Waals surface area contributed by atoms with Crippen molar-refractivity contribution < 1.29 is 13.3 Å². The van der Waals surface area contributed by atoms with Gasteiger partial charge in [0.15, 0.2) is 33.5 Å². The number of nitrogens with zero attached hydrogens (tertiary/aromatic N) is 6. The maximum absolute atomic E-state index is 7.05. The summed E-state index contributed by atoms with van der Waals surface area (Å²) in [5.74, 6) is 0. The minimum Gasteiger partial charge on any atom is -0.451 e. The minimum atomic E-state index is 0.852. The van der Waals surface area contributed by atoms with Crippen molar-refractivity contribution in [2.45, 2.75) is 0 Å². The van der Waals surface area contributed by atoms with Crippen molar-refractivity contribution in [3.8, 4) is 39.3 Å². The van der Waals surface area contributed by atoms with Crippen LogP contribution >= 0.6 is 0 Å². The first-order chi connectivity index (χ1) is 72.0. The van der Waals surface area contributed by atoms with Gasteiger partial charge in [-0.25, -0.2) is 0 Å². The number of hydrogen-bond donors (Lipinski definition) is 0. The molecule has 0 amide bonds. The molecule has 145 heavy (non-hydrogen) atoms. The predicted molar refractivity (Wildman–Crippen MR) is 609 cm³/mol. The summed E-state index contributed by atoms with van der Waals surface area (Å²) in [6.07, 6.45) is 0. The molecule has 0 radical (unpaired) electrons. The van der Waals surface area contributed by atoms with Crippen LogP contribution in [0.4, 0.5) is 51.2 Å².